The topological polar surface area (TPSA) is 60.7 Å². The highest BCUT2D eigenvalue weighted by Crippen LogP contribution is 2.35. The van der Waals surface area contributed by atoms with E-state index in [4.69, 9.17) is 0 Å². The maximum atomic E-state index is 9.74. The van der Waals surface area contributed by atoms with E-state index < -0.39 is 5.60 Å². The number of aliphatic hydroxyl groups excluding tert-OH is 2. The lowest BCUT2D eigenvalue weighted by Gasteiger charge is -2.38. The Kier molecular flexibility index (Phi) is 8.03. The van der Waals surface area contributed by atoms with Crippen molar-refractivity contribution in [2.75, 3.05) is 0 Å². The Balaban J connectivity index is 0.000000231. The molecule has 138 valence electrons. The summed E-state index contributed by atoms with van der Waals surface area (Å²) in [7, 11) is 0. The number of rotatable bonds is 2. The van der Waals surface area contributed by atoms with Crippen molar-refractivity contribution in [3.8, 4) is 0 Å². The summed E-state index contributed by atoms with van der Waals surface area (Å²) >= 11 is 0. The predicted octanol–water partition coefficient (Wildman–Crippen LogP) is 3.99. The summed E-state index contributed by atoms with van der Waals surface area (Å²) in [6, 6.07) is 0. The number of hydrogen-bond donors (Lipinski definition) is 3. The maximum absolute atomic E-state index is 9.74. The van der Waals surface area contributed by atoms with Gasteiger partial charge in [0.05, 0.1) is 17.8 Å². The SMILES string of the molecule is CC1CCC(C(C)(C)O)C(O)C1.CC1CCC(C(C)C)C(O)C1. The summed E-state index contributed by atoms with van der Waals surface area (Å²) in [6.07, 6.45) is 6.13. The average molecular weight is 329 g/mol. The van der Waals surface area contributed by atoms with E-state index in [2.05, 4.69) is 27.7 Å². The third kappa shape index (κ3) is 6.72. The van der Waals surface area contributed by atoms with Crippen LogP contribution in [0.4, 0.5) is 0 Å². The van der Waals surface area contributed by atoms with Crippen LogP contribution in [0, 0.1) is 29.6 Å². The van der Waals surface area contributed by atoms with Crippen LogP contribution in [-0.4, -0.2) is 33.1 Å². The smallest absolute Gasteiger partial charge is 0.0644 e. The minimum atomic E-state index is -0.723. The van der Waals surface area contributed by atoms with Gasteiger partial charge in [0.1, 0.15) is 0 Å². The second kappa shape index (κ2) is 8.82. The molecule has 6 unspecified atom stereocenters. The van der Waals surface area contributed by atoms with E-state index in [1.165, 1.54) is 12.8 Å². The molecule has 6 atom stereocenters. The predicted molar refractivity (Wildman–Crippen MR) is 96.2 cm³/mol. The lowest BCUT2D eigenvalue weighted by atomic mass is 9.73. The minimum absolute atomic E-state index is 0.0289. The Bertz CT molecular complexity index is 334. The summed E-state index contributed by atoms with van der Waals surface area (Å²) < 4.78 is 0. The van der Waals surface area contributed by atoms with Gasteiger partial charge in [-0.25, -0.2) is 0 Å². The van der Waals surface area contributed by atoms with Crippen molar-refractivity contribution in [2.45, 2.75) is 97.9 Å². The zero-order valence-electron chi connectivity index (χ0n) is 16.1. The van der Waals surface area contributed by atoms with E-state index in [1.54, 1.807) is 13.8 Å². The standard InChI is InChI=1S/C10H20O2.C10H20O/c1-7-4-5-8(9(11)6-7)10(2,3)12;1-7(2)9-5-4-8(3)6-10(9)11/h7-9,11-12H,4-6H2,1-3H3;7-11H,4-6H2,1-3H3. The molecular weight excluding hydrogens is 288 g/mol. The Morgan fingerprint density at radius 3 is 1.70 bits per heavy atom. The fraction of sp³-hybridized carbons (Fsp3) is 1.00. The van der Waals surface area contributed by atoms with Crippen molar-refractivity contribution in [1.29, 1.82) is 0 Å². The first-order valence-electron chi connectivity index (χ1n) is 9.60. The summed E-state index contributed by atoms with van der Waals surface area (Å²) in [4.78, 5) is 0. The molecule has 0 bridgehead atoms. The van der Waals surface area contributed by atoms with Crippen LogP contribution in [-0.2, 0) is 0 Å². The first-order valence-corrected chi connectivity index (χ1v) is 9.60. The van der Waals surface area contributed by atoms with Gasteiger partial charge in [0.25, 0.3) is 0 Å². The summed E-state index contributed by atoms with van der Waals surface area (Å²) in [6.45, 7) is 12.4. The van der Waals surface area contributed by atoms with E-state index in [9.17, 15) is 15.3 Å². The quantitative estimate of drug-likeness (QED) is 0.718. The van der Waals surface area contributed by atoms with Crippen molar-refractivity contribution in [2.24, 2.45) is 29.6 Å². The largest absolute Gasteiger partial charge is 0.393 e. The van der Waals surface area contributed by atoms with Gasteiger partial charge < -0.3 is 15.3 Å². The maximum Gasteiger partial charge on any atom is 0.0644 e. The van der Waals surface area contributed by atoms with Crippen LogP contribution >= 0.6 is 0 Å². The van der Waals surface area contributed by atoms with E-state index >= 15 is 0 Å². The lowest BCUT2D eigenvalue weighted by Crippen LogP contribution is -2.42. The van der Waals surface area contributed by atoms with Crippen LogP contribution in [0.15, 0.2) is 0 Å². The molecule has 0 saturated heterocycles. The Labute approximate surface area is 143 Å². The fourth-order valence-electron chi connectivity index (χ4n) is 4.33. The average Bonchev–Trinajstić information content (AvgIpc) is 2.36. The lowest BCUT2D eigenvalue weighted by molar-refractivity contribution is -0.0730. The van der Waals surface area contributed by atoms with E-state index in [1.807, 2.05) is 0 Å². The van der Waals surface area contributed by atoms with Crippen molar-refractivity contribution >= 4 is 0 Å². The first-order chi connectivity index (χ1) is 10.5. The highest BCUT2D eigenvalue weighted by atomic mass is 16.3. The highest BCUT2D eigenvalue weighted by Gasteiger charge is 2.36. The van der Waals surface area contributed by atoms with Crippen molar-refractivity contribution in [3.63, 3.8) is 0 Å². The van der Waals surface area contributed by atoms with Crippen molar-refractivity contribution in [3.05, 3.63) is 0 Å². The van der Waals surface area contributed by atoms with Gasteiger partial charge in [-0.1, -0.05) is 40.5 Å². The van der Waals surface area contributed by atoms with E-state index in [-0.39, 0.29) is 18.1 Å². The molecule has 23 heavy (non-hydrogen) atoms. The molecule has 2 fully saturated rings. The Morgan fingerprint density at radius 1 is 0.826 bits per heavy atom. The molecule has 2 saturated carbocycles. The van der Waals surface area contributed by atoms with Gasteiger partial charge in [0, 0.05) is 5.92 Å². The molecule has 0 spiro atoms. The molecule has 0 aromatic carbocycles. The molecule has 3 nitrogen and oxygen atoms in total. The molecule has 0 aromatic rings. The molecule has 0 aliphatic heterocycles. The van der Waals surface area contributed by atoms with Gasteiger partial charge >= 0.3 is 0 Å². The van der Waals surface area contributed by atoms with Crippen LogP contribution in [0.3, 0.4) is 0 Å². The third-order valence-electron chi connectivity index (χ3n) is 5.97. The molecule has 0 radical (unpaired) electrons. The molecule has 2 rings (SSSR count). The number of hydrogen-bond acceptors (Lipinski definition) is 3. The molecule has 2 aliphatic rings. The van der Waals surface area contributed by atoms with Crippen LogP contribution in [0.25, 0.3) is 0 Å². The number of aliphatic hydroxyl groups is 3. The monoisotopic (exact) mass is 328 g/mol. The van der Waals surface area contributed by atoms with Gasteiger partial charge in [0.2, 0.25) is 0 Å². The van der Waals surface area contributed by atoms with Crippen molar-refractivity contribution in [1.82, 2.24) is 0 Å². The molecule has 3 heteroatoms. The van der Waals surface area contributed by atoms with Gasteiger partial charge in [-0.2, -0.15) is 0 Å². The fourth-order valence-corrected chi connectivity index (χ4v) is 4.33. The van der Waals surface area contributed by atoms with E-state index in [0.717, 1.165) is 31.6 Å². The molecular formula is C20H40O3. The minimum Gasteiger partial charge on any atom is -0.393 e. The van der Waals surface area contributed by atoms with E-state index in [0.29, 0.717) is 17.8 Å². The van der Waals surface area contributed by atoms with Crippen LogP contribution in [0.5, 0.6) is 0 Å². The zero-order valence-corrected chi connectivity index (χ0v) is 16.1. The summed E-state index contributed by atoms with van der Waals surface area (Å²) in [5.74, 6) is 2.62. The second-order valence-electron chi connectivity index (χ2n) is 9.14. The van der Waals surface area contributed by atoms with Crippen molar-refractivity contribution < 1.29 is 15.3 Å². The van der Waals surface area contributed by atoms with Crippen LogP contribution in [0.2, 0.25) is 0 Å². The zero-order chi connectivity index (χ0) is 17.8. The molecule has 2 aliphatic carbocycles. The molecule has 0 amide bonds. The van der Waals surface area contributed by atoms with Crippen LogP contribution < -0.4 is 0 Å². The van der Waals surface area contributed by atoms with Crippen LogP contribution in [0.1, 0.15) is 80.1 Å². The summed E-state index contributed by atoms with van der Waals surface area (Å²) in [5, 5.41) is 29.2. The van der Waals surface area contributed by atoms with Gasteiger partial charge in [-0.15, -0.1) is 0 Å². The second-order valence-corrected chi connectivity index (χ2v) is 9.14. The van der Waals surface area contributed by atoms with Gasteiger partial charge in [-0.3, -0.25) is 0 Å². The Morgan fingerprint density at radius 2 is 1.30 bits per heavy atom. The molecule has 0 heterocycles. The first kappa shape index (κ1) is 20.9. The third-order valence-corrected chi connectivity index (χ3v) is 5.97. The summed E-state index contributed by atoms with van der Waals surface area (Å²) in [5.41, 5.74) is -0.723. The van der Waals surface area contributed by atoms with Gasteiger partial charge in [0.15, 0.2) is 0 Å². The Hall–Kier alpha value is -0.120. The van der Waals surface area contributed by atoms with Gasteiger partial charge in [-0.05, 0) is 63.2 Å². The molecule has 3 N–H and O–H groups in total. The molecule has 0 aromatic heterocycles. The normalized spacial score (nSPS) is 38.9. The highest BCUT2D eigenvalue weighted by molar-refractivity contribution is 4.87.